The predicted octanol–water partition coefficient (Wildman–Crippen LogP) is 2.96. The van der Waals surface area contributed by atoms with Crippen LogP contribution < -0.4 is 10.6 Å². The molecule has 1 N–H and O–H groups in total. The van der Waals surface area contributed by atoms with E-state index in [1.807, 2.05) is 43.3 Å². The van der Waals surface area contributed by atoms with Crippen LogP contribution in [0, 0.1) is 0 Å². The lowest BCUT2D eigenvalue weighted by Crippen LogP contribution is -2.39. The van der Waals surface area contributed by atoms with Crippen LogP contribution in [-0.2, 0) is 0 Å². The Balaban J connectivity index is 2.06. The molecule has 3 nitrogen and oxygen atoms in total. The van der Waals surface area contributed by atoms with Gasteiger partial charge in [-0.25, -0.2) is 5.06 Å². The highest BCUT2D eigenvalue weighted by Gasteiger charge is 2.22. The van der Waals surface area contributed by atoms with Crippen LogP contribution in [0.25, 0.3) is 5.70 Å². The van der Waals surface area contributed by atoms with Crippen molar-refractivity contribution in [2.75, 3.05) is 0 Å². The van der Waals surface area contributed by atoms with E-state index in [-0.39, 0.29) is 6.17 Å². The Labute approximate surface area is 124 Å². The first-order chi connectivity index (χ1) is 10.1. The van der Waals surface area contributed by atoms with E-state index in [2.05, 4.69) is 31.0 Å². The average Bonchev–Trinajstić information content (AvgIpc) is 2.51. The molecule has 0 aliphatic carbocycles. The molecule has 2 aromatic rings. The summed E-state index contributed by atoms with van der Waals surface area (Å²) in [4.78, 5) is 4.68. The fourth-order valence-electron chi connectivity index (χ4n) is 2.65. The first kappa shape index (κ1) is 13.8. The molecule has 0 fully saturated rings. The summed E-state index contributed by atoms with van der Waals surface area (Å²) >= 11 is 0. The summed E-state index contributed by atoms with van der Waals surface area (Å²) in [5, 5.41) is 13.6. The SMILES string of the molecule is CC1=c2ccccc2=NC(c2ccc(C(C)C)cc2)N1O. The van der Waals surface area contributed by atoms with E-state index < -0.39 is 0 Å². The number of hydrogen-bond acceptors (Lipinski definition) is 3. The third kappa shape index (κ3) is 2.45. The van der Waals surface area contributed by atoms with Crippen molar-refractivity contribution in [3.8, 4) is 0 Å². The second-order valence-corrected chi connectivity index (χ2v) is 5.77. The smallest absolute Gasteiger partial charge is 0.171 e. The summed E-state index contributed by atoms with van der Waals surface area (Å²) in [6.07, 6.45) is -0.374. The molecule has 1 unspecified atom stereocenters. The summed E-state index contributed by atoms with van der Waals surface area (Å²) < 4.78 is 0. The highest BCUT2D eigenvalue weighted by molar-refractivity contribution is 5.42. The lowest BCUT2D eigenvalue weighted by Gasteiger charge is -2.28. The summed E-state index contributed by atoms with van der Waals surface area (Å²) in [5.74, 6) is 0.501. The van der Waals surface area contributed by atoms with Crippen molar-refractivity contribution in [1.82, 2.24) is 5.06 Å². The van der Waals surface area contributed by atoms with Crippen LogP contribution in [0.5, 0.6) is 0 Å². The van der Waals surface area contributed by atoms with Gasteiger partial charge in [0, 0.05) is 5.22 Å². The van der Waals surface area contributed by atoms with Crippen LogP contribution in [0.15, 0.2) is 53.5 Å². The maximum atomic E-state index is 10.4. The van der Waals surface area contributed by atoms with Crippen molar-refractivity contribution in [3.63, 3.8) is 0 Å². The van der Waals surface area contributed by atoms with Crippen molar-refractivity contribution in [2.24, 2.45) is 4.99 Å². The van der Waals surface area contributed by atoms with E-state index in [4.69, 9.17) is 0 Å². The second kappa shape index (κ2) is 5.34. The third-order valence-electron chi connectivity index (χ3n) is 4.03. The van der Waals surface area contributed by atoms with Gasteiger partial charge in [0.25, 0.3) is 0 Å². The maximum Gasteiger partial charge on any atom is 0.171 e. The molecule has 1 atom stereocenters. The number of rotatable bonds is 2. The topological polar surface area (TPSA) is 35.8 Å². The normalized spacial score (nSPS) is 17.7. The van der Waals surface area contributed by atoms with Crippen LogP contribution in [0.3, 0.4) is 0 Å². The van der Waals surface area contributed by atoms with Crippen molar-refractivity contribution in [1.29, 1.82) is 0 Å². The van der Waals surface area contributed by atoms with Crippen LogP contribution in [-0.4, -0.2) is 10.3 Å². The summed E-state index contributed by atoms with van der Waals surface area (Å²) in [6, 6.07) is 16.2. The van der Waals surface area contributed by atoms with E-state index in [9.17, 15) is 5.21 Å². The van der Waals surface area contributed by atoms with Crippen molar-refractivity contribution >= 4 is 5.70 Å². The summed E-state index contributed by atoms with van der Waals surface area (Å²) in [5.41, 5.74) is 3.12. The van der Waals surface area contributed by atoms with Gasteiger partial charge >= 0.3 is 0 Å². The Bertz CT molecular complexity index is 763. The fourth-order valence-corrected chi connectivity index (χ4v) is 2.65. The number of fused-ring (bicyclic) bond motifs is 1. The molecular formula is C18H20N2O. The lowest BCUT2D eigenvalue weighted by molar-refractivity contribution is -0.0706. The molecule has 0 amide bonds. The van der Waals surface area contributed by atoms with Gasteiger partial charge in [0.2, 0.25) is 0 Å². The van der Waals surface area contributed by atoms with Crippen molar-refractivity contribution < 1.29 is 5.21 Å². The van der Waals surface area contributed by atoms with Crippen LogP contribution in [0.1, 0.15) is 44.0 Å². The number of benzene rings is 2. The van der Waals surface area contributed by atoms with Crippen LogP contribution in [0.2, 0.25) is 0 Å². The maximum absolute atomic E-state index is 10.4. The molecule has 0 saturated carbocycles. The van der Waals surface area contributed by atoms with E-state index in [0.29, 0.717) is 5.92 Å². The van der Waals surface area contributed by atoms with E-state index >= 15 is 0 Å². The molecule has 0 aromatic heterocycles. The first-order valence-corrected chi connectivity index (χ1v) is 7.29. The zero-order valence-corrected chi connectivity index (χ0v) is 12.6. The number of nitrogens with zero attached hydrogens (tertiary/aromatic N) is 2. The molecule has 21 heavy (non-hydrogen) atoms. The quantitative estimate of drug-likeness (QED) is 0.918. The monoisotopic (exact) mass is 280 g/mol. The third-order valence-corrected chi connectivity index (χ3v) is 4.03. The van der Waals surface area contributed by atoms with Crippen LogP contribution >= 0.6 is 0 Å². The molecule has 3 rings (SSSR count). The highest BCUT2D eigenvalue weighted by Crippen LogP contribution is 2.26. The Morgan fingerprint density at radius 3 is 2.38 bits per heavy atom. The number of hydroxylamine groups is 2. The van der Waals surface area contributed by atoms with Gasteiger partial charge in [-0.3, -0.25) is 10.2 Å². The van der Waals surface area contributed by atoms with Gasteiger partial charge in [0.05, 0.1) is 11.1 Å². The molecule has 108 valence electrons. The molecule has 0 bridgehead atoms. The largest absolute Gasteiger partial charge is 0.286 e. The van der Waals surface area contributed by atoms with Gasteiger partial charge in [-0.05, 0) is 30.0 Å². The molecule has 3 heteroatoms. The Kier molecular flexibility index (Phi) is 3.52. The summed E-state index contributed by atoms with van der Waals surface area (Å²) in [7, 11) is 0. The molecule has 2 aromatic carbocycles. The van der Waals surface area contributed by atoms with Gasteiger partial charge in [0.1, 0.15) is 0 Å². The molecule has 0 saturated heterocycles. The lowest BCUT2D eigenvalue weighted by atomic mass is 10.0. The van der Waals surface area contributed by atoms with Gasteiger partial charge in [-0.1, -0.05) is 56.3 Å². The fraction of sp³-hybridized carbons (Fsp3) is 0.278. The Morgan fingerprint density at radius 1 is 1.05 bits per heavy atom. The molecule has 1 heterocycles. The Morgan fingerprint density at radius 2 is 1.71 bits per heavy atom. The minimum absolute atomic E-state index is 0.374. The molecule has 0 spiro atoms. The van der Waals surface area contributed by atoms with Gasteiger partial charge in [-0.2, -0.15) is 0 Å². The predicted molar refractivity (Wildman–Crippen MR) is 83.2 cm³/mol. The molecule has 1 aliphatic heterocycles. The minimum Gasteiger partial charge on any atom is -0.286 e. The summed E-state index contributed by atoms with van der Waals surface area (Å²) in [6.45, 7) is 6.27. The van der Waals surface area contributed by atoms with E-state index in [1.54, 1.807) is 0 Å². The minimum atomic E-state index is -0.374. The van der Waals surface area contributed by atoms with Gasteiger partial charge < -0.3 is 0 Å². The van der Waals surface area contributed by atoms with Crippen molar-refractivity contribution in [3.05, 3.63) is 70.2 Å². The average molecular weight is 280 g/mol. The second-order valence-electron chi connectivity index (χ2n) is 5.77. The van der Waals surface area contributed by atoms with Gasteiger partial charge in [0.15, 0.2) is 6.17 Å². The highest BCUT2D eigenvalue weighted by atomic mass is 16.5. The van der Waals surface area contributed by atoms with Crippen molar-refractivity contribution in [2.45, 2.75) is 32.9 Å². The molecule has 0 radical (unpaired) electrons. The van der Waals surface area contributed by atoms with E-state index in [0.717, 1.165) is 21.8 Å². The molecule has 1 aliphatic rings. The van der Waals surface area contributed by atoms with E-state index in [1.165, 1.54) is 10.6 Å². The Hall–Kier alpha value is -2.13. The zero-order chi connectivity index (χ0) is 15.0. The number of para-hydroxylation sites is 1. The molecular weight excluding hydrogens is 260 g/mol. The zero-order valence-electron chi connectivity index (χ0n) is 12.6. The van der Waals surface area contributed by atoms with Crippen LogP contribution in [0.4, 0.5) is 0 Å². The number of hydrogen-bond donors (Lipinski definition) is 1. The first-order valence-electron chi connectivity index (χ1n) is 7.29. The standard InChI is InChI=1S/C18H20N2O/c1-12(2)14-8-10-15(11-9-14)18-19-17-7-5-4-6-16(17)13(3)20(18)21/h4-12,18,21H,1-3H3. The van der Waals surface area contributed by atoms with Gasteiger partial charge in [-0.15, -0.1) is 0 Å².